The molecule has 29 heavy (non-hydrogen) atoms. The first-order valence-corrected chi connectivity index (χ1v) is 9.23. The summed E-state index contributed by atoms with van der Waals surface area (Å²) in [4.78, 5) is 41.7. The molecule has 3 aromatic rings. The molecule has 0 radical (unpaired) electrons. The molecule has 0 fully saturated rings. The molecular weight excluding hydrogens is 368 g/mol. The van der Waals surface area contributed by atoms with E-state index < -0.39 is 0 Å². The Labute approximate surface area is 168 Å². The van der Waals surface area contributed by atoms with E-state index in [9.17, 15) is 14.4 Å². The van der Waals surface area contributed by atoms with E-state index in [0.29, 0.717) is 17.1 Å². The van der Waals surface area contributed by atoms with Crippen molar-refractivity contribution in [1.29, 1.82) is 0 Å². The zero-order chi connectivity index (χ0) is 20.8. The Morgan fingerprint density at radius 1 is 0.966 bits per heavy atom. The topological polar surface area (TPSA) is 91.4 Å². The van der Waals surface area contributed by atoms with Crippen molar-refractivity contribution in [3.63, 3.8) is 0 Å². The van der Waals surface area contributed by atoms with Crippen molar-refractivity contribution in [3.05, 3.63) is 60.8 Å². The predicted octanol–water partition coefficient (Wildman–Crippen LogP) is 3.57. The number of aromatic nitrogens is 1. The van der Waals surface area contributed by atoms with E-state index in [1.807, 2.05) is 24.3 Å². The lowest BCUT2D eigenvalue weighted by molar-refractivity contribution is -0.117. The van der Waals surface area contributed by atoms with Crippen LogP contribution in [-0.4, -0.2) is 29.3 Å². The van der Waals surface area contributed by atoms with Crippen molar-refractivity contribution < 1.29 is 14.4 Å². The summed E-state index contributed by atoms with van der Waals surface area (Å²) >= 11 is 0. The number of rotatable bonds is 6. The number of benzene rings is 2. The van der Waals surface area contributed by atoms with Gasteiger partial charge in [-0.25, -0.2) is 0 Å². The van der Waals surface area contributed by atoms with Gasteiger partial charge >= 0.3 is 0 Å². The minimum Gasteiger partial charge on any atom is -0.326 e. The van der Waals surface area contributed by atoms with Crippen LogP contribution >= 0.6 is 0 Å². The van der Waals surface area contributed by atoms with E-state index in [-0.39, 0.29) is 30.7 Å². The van der Waals surface area contributed by atoms with E-state index in [1.165, 1.54) is 18.7 Å². The van der Waals surface area contributed by atoms with Crippen LogP contribution in [0.4, 0.5) is 17.1 Å². The third kappa shape index (κ3) is 5.16. The number of carbonyl (C=O) groups is 3. The highest BCUT2D eigenvalue weighted by molar-refractivity contribution is 6.01. The molecule has 148 valence electrons. The maximum absolute atomic E-state index is 12.5. The van der Waals surface area contributed by atoms with Crippen LogP contribution in [0.5, 0.6) is 0 Å². The van der Waals surface area contributed by atoms with E-state index in [4.69, 9.17) is 0 Å². The zero-order valence-corrected chi connectivity index (χ0v) is 16.3. The molecule has 0 unspecified atom stereocenters. The first-order valence-electron chi connectivity index (χ1n) is 9.23. The molecular formula is C22H22N4O3. The summed E-state index contributed by atoms with van der Waals surface area (Å²) in [5.41, 5.74) is 2.56. The summed E-state index contributed by atoms with van der Waals surface area (Å²) in [7, 11) is 0. The van der Waals surface area contributed by atoms with Crippen LogP contribution in [0.2, 0.25) is 0 Å². The number of anilines is 3. The number of para-hydroxylation sites is 1. The monoisotopic (exact) mass is 390 g/mol. The smallest absolute Gasteiger partial charge is 0.226 e. The Hall–Kier alpha value is -3.74. The molecule has 3 rings (SSSR count). The van der Waals surface area contributed by atoms with Gasteiger partial charge in [-0.1, -0.05) is 24.3 Å². The van der Waals surface area contributed by atoms with Crippen molar-refractivity contribution in [2.45, 2.75) is 20.3 Å². The van der Waals surface area contributed by atoms with E-state index in [1.54, 1.807) is 36.5 Å². The second-order valence-corrected chi connectivity index (χ2v) is 6.58. The normalized spacial score (nSPS) is 10.4. The number of hydrogen-bond acceptors (Lipinski definition) is 4. The van der Waals surface area contributed by atoms with Gasteiger partial charge < -0.3 is 15.5 Å². The molecule has 2 N–H and O–H groups in total. The summed E-state index contributed by atoms with van der Waals surface area (Å²) in [6.45, 7) is 3.07. The molecule has 0 aliphatic heterocycles. The average Bonchev–Trinajstić information content (AvgIpc) is 2.68. The van der Waals surface area contributed by atoms with Gasteiger partial charge in [0.15, 0.2) is 0 Å². The van der Waals surface area contributed by atoms with Gasteiger partial charge in [-0.2, -0.15) is 0 Å². The molecule has 3 amide bonds. The Morgan fingerprint density at radius 3 is 2.48 bits per heavy atom. The number of hydrogen-bond donors (Lipinski definition) is 2. The largest absolute Gasteiger partial charge is 0.326 e. The predicted molar refractivity (Wildman–Crippen MR) is 114 cm³/mol. The lowest BCUT2D eigenvalue weighted by atomic mass is 10.2. The molecule has 7 nitrogen and oxygen atoms in total. The van der Waals surface area contributed by atoms with Gasteiger partial charge in [0, 0.05) is 49.8 Å². The number of amides is 3. The van der Waals surface area contributed by atoms with Crippen molar-refractivity contribution in [2.24, 2.45) is 0 Å². The zero-order valence-electron chi connectivity index (χ0n) is 16.3. The van der Waals surface area contributed by atoms with Crippen LogP contribution in [0.1, 0.15) is 20.3 Å². The number of nitrogens with zero attached hydrogens (tertiary/aromatic N) is 2. The Balaban J connectivity index is 1.70. The van der Waals surface area contributed by atoms with Crippen molar-refractivity contribution >= 4 is 45.7 Å². The van der Waals surface area contributed by atoms with Crippen LogP contribution in [0, 0.1) is 0 Å². The van der Waals surface area contributed by atoms with Gasteiger partial charge in [0.05, 0.1) is 11.2 Å². The van der Waals surface area contributed by atoms with E-state index in [0.717, 1.165) is 10.9 Å². The van der Waals surface area contributed by atoms with Gasteiger partial charge in [-0.3, -0.25) is 19.4 Å². The lowest BCUT2D eigenvalue weighted by Crippen LogP contribution is -2.32. The maximum atomic E-state index is 12.5. The van der Waals surface area contributed by atoms with Gasteiger partial charge in [0.25, 0.3) is 0 Å². The fourth-order valence-electron chi connectivity index (χ4n) is 3.05. The maximum Gasteiger partial charge on any atom is 0.226 e. The summed E-state index contributed by atoms with van der Waals surface area (Å²) in [6, 6.07) is 16.3. The standard InChI is InChI=1S/C22H22N4O3/c1-15(27)24-18-8-4-9-19(14-18)26(16(2)28)13-11-21(29)25-20-10-3-6-17-7-5-12-23-22(17)20/h3-10,12,14H,11,13H2,1-2H3,(H,24,27)(H,25,29). The molecule has 7 heteroatoms. The minimum absolute atomic E-state index is 0.118. The number of nitrogens with one attached hydrogen (secondary N) is 2. The third-order valence-electron chi connectivity index (χ3n) is 4.33. The fourth-order valence-corrected chi connectivity index (χ4v) is 3.05. The molecule has 1 heterocycles. The fraction of sp³-hybridized carbons (Fsp3) is 0.182. The molecule has 0 spiro atoms. The first-order chi connectivity index (χ1) is 13.9. The van der Waals surface area contributed by atoms with Crippen LogP contribution in [0.3, 0.4) is 0 Å². The van der Waals surface area contributed by atoms with Gasteiger partial charge in [-0.05, 0) is 30.3 Å². The van der Waals surface area contributed by atoms with Crippen molar-refractivity contribution in [3.8, 4) is 0 Å². The molecule has 0 bridgehead atoms. The summed E-state index contributed by atoms with van der Waals surface area (Å²) < 4.78 is 0. The van der Waals surface area contributed by atoms with Gasteiger partial charge in [-0.15, -0.1) is 0 Å². The number of pyridine rings is 1. The summed E-state index contributed by atoms with van der Waals surface area (Å²) in [5, 5.41) is 6.50. The highest BCUT2D eigenvalue weighted by Gasteiger charge is 2.15. The quantitative estimate of drug-likeness (QED) is 0.673. The number of fused-ring (bicyclic) bond motifs is 1. The molecule has 0 aliphatic rings. The summed E-state index contributed by atoms with van der Waals surface area (Å²) in [5.74, 6) is -0.600. The first kappa shape index (κ1) is 20.0. The van der Waals surface area contributed by atoms with Crippen LogP contribution < -0.4 is 15.5 Å². The molecule has 2 aromatic carbocycles. The second-order valence-electron chi connectivity index (χ2n) is 6.58. The highest BCUT2D eigenvalue weighted by atomic mass is 16.2. The number of carbonyl (C=O) groups excluding carboxylic acids is 3. The van der Waals surface area contributed by atoms with Crippen LogP contribution in [0.25, 0.3) is 10.9 Å². The second kappa shape index (κ2) is 8.97. The van der Waals surface area contributed by atoms with Crippen molar-refractivity contribution in [1.82, 2.24) is 4.98 Å². The SMILES string of the molecule is CC(=O)Nc1cccc(N(CCC(=O)Nc2cccc3cccnc23)C(C)=O)c1. The van der Waals surface area contributed by atoms with Crippen LogP contribution in [-0.2, 0) is 14.4 Å². The average molecular weight is 390 g/mol. The summed E-state index contributed by atoms with van der Waals surface area (Å²) in [6.07, 6.45) is 1.80. The Bertz CT molecular complexity index is 1060. The molecule has 0 saturated heterocycles. The Kier molecular flexibility index (Phi) is 6.19. The van der Waals surface area contributed by atoms with Crippen molar-refractivity contribution in [2.75, 3.05) is 22.1 Å². The highest BCUT2D eigenvalue weighted by Crippen LogP contribution is 2.22. The molecule has 1 aromatic heterocycles. The third-order valence-corrected chi connectivity index (χ3v) is 4.33. The van der Waals surface area contributed by atoms with Gasteiger partial charge in [0.1, 0.15) is 0 Å². The van der Waals surface area contributed by atoms with E-state index in [2.05, 4.69) is 15.6 Å². The molecule has 0 atom stereocenters. The van der Waals surface area contributed by atoms with Gasteiger partial charge in [0.2, 0.25) is 17.7 Å². The van der Waals surface area contributed by atoms with E-state index >= 15 is 0 Å². The molecule has 0 aliphatic carbocycles. The molecule has 0 saturated carbocycles. The minimum atomic E-state index is -0.215. The lowest BCUT2D eigenvalue weighted by Gasteiger charge is -2.21. The van der Waals surface area contributed by atoms with Crippen LogP contribution in [0.15, 0.2) is 60.8 Å². The Morgan fingerprint density at radius 2 is 1.72 bits per heavy atom.